The van der Waals surface area contributed by atoms with E-state index in [4.69, 9.17) is 23.2 Å². The number of alkyl halides is 2. The monoisotopic (exact) mass is 223 g/mol. The van der Waals surface area contributed by atoms with Gasteiger partial charge in [-0.05, 0) is 26.7 Å². The summed E-state index contributed by atoms with van der Waals surface area (Å²) >= 11 is 11.7. The van der Waals surface area contributed by atoms with E-state index in [-0.39, 0.29) is 11.9 Å². The van der Waals surface area contributed by atoms with E-state index in [1.165, 1.54) is 0 Å². The van der Waals surface area contributed by atoms with Gasteiger partial charge in [0.25, 0.3) is 0 Å². The number of amides is 1. The summed E-state index contributed by atoms with van der Waals surface area (Å²) in [5.74, 6) is -0.0353. The summed E-state index contributed by atoms with van der Waals surface area (Å²) in [6.45, 7) is 5.79. The summed E-state index contributed by atoms with van der Waals surface area (Å²) < 4.78 is -0.857. The van der Waals surface area contributed by atoms with Crippen LogP contribution in [-0.2, 0) is 4.79 Å². The molecule has 1 aliphatic carbocycles. The highest BCUT2D eigenvalue weighted by molar-refractivity contribution is 6.53. The topological polar surface area (TPSA) is 29.1 Å². The highest BCUT2D eigenvalue weighted by Gasteiger charge is 2.67. The summed E-state index contributed by atoms with van der Waals surface area (Å²) in [6, 6.07) is 0.189. The lowest BCUT2D eigenvalue weighted by atomic mass is 10.1. The molecular formula is C9H15Cl2NO. The molecule has 1 fully saturated rings. The zero-order valence-electron chi connectivity index (χ0n) is 8.16. The molecule has 0 aromatic carbocycles. The van der Waals surface area contributed by atoms with Crippen molar-refractivity contribution in [3.8, 4) is 0 Å². The van der Waals surface area contributed by atoms with Gasteiger partial charge in [-0.15, -0.1) is 23.2 Å². The molecule has 1 rings (SSSR count). The van der Waals surface area contributed by atoms with Crippen molar-refractivity contribution in [3.63, 3.8) is 0 Å². The molecule has 13 heavy (non-hydrogen) atoms. The van der Waals surface area contributed by atoms with Gasteiger partial charge >= 0.3 is 0 Å². The highest BCUT2D eigenvalue weighted by Crippen LogP contribution is 2.63. The van der Waals surface area contributed by atoms with E-state index in [2.05, 4.69) is 5.32 Å². The lowest BCUT2D eigenvalue weighted by Gasteiger charge is -2.16. The largest absolute Gasteiger partial charge is 0.353 e. The summed E-state index contributed by atoms with van der Waals surface area (Å²) in [4.78, 5) is 11.6. The Hall–Kier alpha value is 0.0500. The van der Waals surface area contributed by atoms with Crippen LogP contribution in [-0.4, -0.2) is 16.3 Å². The average Bonchev–Trinajstić information content (AvgIpc) is 2.52. The number of carbonyl (C=O) groups excluding carboxylic acids is 1. The second kappa shape index (κ2) is 3.32. The molecule has 0 heterocycles. The normalized spacial score (nSPS) is 32.4. The number of nitrogens with one attached hydrogen (secondary N) is 1. The molecule has 2 unspecified atom stereocenters. The van der Waals surface area contributed by atoms with Gasteiger partial charge in [0.2, 0.25) is 5.91 Å². The van der Waals surface area contributed by atoms with Crippen LogP contribution in [0.1, 0.15) is 33.6 Å². The van der Waals surface area contributed by atoms with Gasteiger partial charge in [-0.1, -0.05) is 6.92 Å². The van der Waals surface area contributed by atoms with Gasteiger partial charge in [-0.3, -0.25) is 4.79 Å². The minimum Gasteiger partial charge on any atom is -0.353 e. The number of hydrogen-bond acceptors (Lipinski definition) is 1. The first kappa shape index (κ1) is 11.1. The van der Waals surface area contributed by atoms with Gasteiger partial charge in [0.05, 0.1) is 5.41 Å². The van der Waals surface area contributed by atoms with E-state index in [9.17, 15) is 4.79 Å². The van der Waals surface area contributed by atoms with Crippen molar-refractivity contribution in [3.05, 3.63) is 0 Å². The standard InChI is InChI=1S/C9H15Cl2NO/c1-4-6(2)12-7(13)8(3)5-9(8,10)11/h6H,4-5H2,1-3H3,(H,12,13). The first-order valence-electron chi connectivity index (χ1n) is 4.52. The van der Waals surface area contributed by atoms with Crippen LogP contribution < -0.4 is 5.32 Å². The van der Waals surface area contributed by atoms with Crippen molar-refractivity contribution < 1.29 is 4.79 Å². The molecule has 4 heteroatoms. The van der Waals surface area contributed by atoms with E-state index < -0.39 is 9.75 Å². The van der Waals surface area contributed by atoms with Crippen LogP contribution in [0, 0.1) is 5.41 Å². The molecule has 1 aliphatic rings. The number of carbonyl (C=O) groups is 1. The van der Waals surface area contributed by atoms with Gasteiger partial charge in [-0.25, -0.2) is 0 Å². The van der Waals surface area contributed by atoms with E-state index in [0.717, 1.165) is 6.42 Å². The summed E-state index contributed by atoms with van der Waals surface area (Å²) in [7, 11) is 0. The molecule has 1 saturated carbocycles. The van der Waals surface area contributed by atoms with Crippen LogP contribution in [0.2, 0.25) is 0 Å². The van der Waals surface area contributed by atoms with Crippen LogP contribution in [0.4, 0.5) is 0 Å². The predicted molar refractivity (Wildman–Crippen MR) is 55.1 cm³/mol. The molecule has 0 aromatic heterocycles. The second-order valence-electron chi connectivity index (χ2n) is 4.00. The molecule has 0 saturated heterocycles. The quantitative estimate of drug-likeness (QED) is 0.733. The van der Waals surface area contributed by atoms with E-state index in [1.54, 1.807) is 6.92 Å². The van der Waals surface area contributed by atoms with Gasteiger partial charge < -0.3 is 5.32 Å². The Morgan fingerprint density at radius 1 is 1.62 bits per heavy atom. The Morgan fingerprint density at radius 3 is 2.38 bits per heavy atom. The molecule has 0 spiro atoms. The smallest absolute Gasteiger partial charge is 0.229 e. The average molecular weight is 224 g/mol. The molecule has 0 bridgehead atoms. The van der Waals surface area contributed by atoms with E-state index in [0.29, 0.717) is 6.42 Å². The SMILES string of the molecule is CCC(C)NC(=O)C1(C)CC1(Cl)Cl. The highest BCUT2D eigenvalue weighted by atomic mass is 35.5. The lowest BCUT2D eigenvalue weighted by Crippen LogP contribution is -2.38. The molecule has 0 aliphatic heterocycles. The fourth-order valence-electron chi connectivity index (χ4n) is 1.13. The van der Waals surface area contributed by atoms with Gasteiger partial charge in [0.15, 0.2) is 0 Å². The van der Waals surface area contributed by atoms with Crippen LogP contribution in [0.5, 0.6) is 0 Å². The van der Waals surface area contributed by atoms with Crippen molar-refractivity contribution in [1.82, 2.24) is 5.32 Å². The zero-order chi connectivity index (χ0) is 10.3. The third-order valence-electron chi connectivity index (χ3n) is 2.75. The van der Waals surface area contributed by atoms with Crippen molar-refractivity contribution in [2.24, 2.45) is 5.41 Å². The maximum atomic E-state index is 11.6. The Balaban J connectivity index is 2.51. The number of halogens is 2. The predicted octanol–water partition coefficient (Wildman–Crippen LogP) is 2.49. The second-order valence-corrected chi connectivity index (χ2v) is 5.48. The Kier molecular flexibility index (Phi) is 2.84. The van der Waals surface area contributed by atoms with Crippen molar-refractivity contribution in [2.75, 3.05) is 0 Å². The minimum atomic E-state index is -0.857. The summed E-state index contributed by atoms with van der Waals surface area (Å²) in [5.41, 5.74) is -0.584. The molecule has 1 N–H and O–H groups in total. The van der Waals surface area contributed by atoms with Crippen LogP contribution in [0.15, 0.2) is 0 Å². The maximum absolute atomic E-state index is 11.6. The summed E-state index contributed by atoms with van der Waals surface area (Å²) in [5, 5.41) is 2.88. The molecule has 0 aromatic rings. The first-order chi connectivity index (χ1) is 5.83. The first-order valence-corrected chi connectivity index (χ1v) is 5.28. The Bertz CT molecular complexity index is 230. The molecule has 1 amide bonds. The van der Waals surface area contributed by atoms with Crippen LogP contribution >= 0.6 is 23.2 Å². The zero-order valence-corrected chi connectivity index (χ0v) is 9.67. The van der Waals surface area contributed by atoms with Gasteiger partial charge in [0, 0.05) is 6.04 Å². The van der Waals surface area contributed by atoms with Gasteiger partial charge in [0.1, 0.15) is 4.33 Å². The van der Waals surface area contributed by atoms with Crippen molar-refractivity contribution >= 4 is 29.1 Å². The summed E-state index contributed by atoms with van der Waals surface area (Å²) in [6.07, 6.45) is 1.46. The lowest BCUT2D eigenvalue weighted by molar-refractivity contribution is -0.126. The third kappa shape index (κ3) is 1.94. The number of hydrogen-bond donors (Lipinski definition) is 1. The molecule has 0 radical (unpaired) electrons. The van der Waals surface area contributed by atoms with Crippen LogP contribution in [0.25, 0.3) is 0 Å². The van der Waals surface area contributed by atoms with Crippen LogP contribution in [0.3, 0.4) is 0 Å². The maximum Gasteiger partial charge on any atom is 0.229 e. The van der Waals surface area contributed by atoms with E-state index in [1.807, 2.05) is 13.8 Å². The molecular weight excluding hydrogens is 209 g/mol. The van der Waals surface area contributed by atoms with Gasteiger partial charge in [-0.2, -0.15) is 0 Å². The number of rotatable bonds is 3. The Labute approximate surface area is 89.0 Å². The Morgan fingerprint density at radius 2 is 2.08 bits per heavy atom. The fraction of sp³-hybridized carbons (Fsp3) is 0.889. The minimum absolute atomic E-state index is 0.0353. The third-order valence-corrected chi connectivity index (χ3v) is 3.85. The van der Waals surface area contributed by atoms with Crippen molar-refractivity contribution in [2.45, 2.75) is 44.0 Å². The fourth-order valence-corrected chi connectivity index (χ4v) is 1.84. The van der Waals surface area contributed by atoms with E-state index >= 15 is 0 Å². The molecule has 2 atom stereocenters. The molecule has 76 valence electrons. The van der Waals surface area contributed by atoms with Crippen molar-refractivity contribution in [1.29, 1.82) is 0 Å². The molecule has 2 nitrogen and oxygen atoms in total.